The maximum Gasteiger partial charge on any atom is 0.262 e. The van der Waals surface area contributed by atoms with Crippen molar-refractivity contribution in [3.8, 4) is 5.75 Å². The lowest BCUT2D eigenvalue weighted by Gasteiger charge is -2.23. The van der Waals surface area contributed by atoms with Crippen molar-refractivity contribution in [1.82, 2.24) is 5.01 Å². The number of ether oxygens (including phenoxy) is 1. The van der Waals surface area contributed by atoms with Gasteiger partial charge in [-0.3, -0.25) is 9.59 Å². The third-order valence-electron chi connectivity index (χ3n) is 6.29. The molecule has 0 spiro atoms. The maximum atomic E-state index is 13.5. The highest BCUT2D eigenvalue weighted by Crippen LogP contribution is 2.39. The van der Waals surface area contributed by atoms with E-state index in [0.717, 1.165) is 40.3 Å². The van der Waals surface area contributed by atoms with Gasteiger partial charge in [0.05, 0.1) is 18.9 Å². The molecular formula is C28H24F2N4O3S. The van der Waals surface area contributed by atoms with Crippen LogP contribution in [0.2, 0.25) is 0 Å². The van der Waals surface area contributed by atoms with E-state index < -0.39 is 28.7 Å². The van der Waals surface area contributed by atoms with Crippen LogP contribution in [-0.2, 0) is 9.59 Å². The maximum absolute atomic E-state index is 13.5. The molecule has 1 N–H and O–H groups in total. The van der Waals surface area contributed by atoms with Crippen LogP contribution in [0.1, 0.15) is 35.6 Å². The van der Waals surface area contributed by atoms with E-state index in [1.54, 1.807) is 12.1 Å². The summed E-state index contributed by atoms with van der Waals surface area (Å²) < 4.78 is 31.9. The van der Waals surface area contributed by atoms with E-state index in [1.165, 1.54) is 17.8 Å². The first-order valence-electron chi connectivity index (χ1n) is 11.9. The molecule has 0 saturated heterocycles. The summed E-state index contributed by atoms with van der Waals surface area (Å²) in [6.45, 7) is 2.01. The Morgan fingerprint density at radius 3 is 2.50 bits per heavy atom. The first kappa shape index (κ1) is 25.6. The highest BCUT2D eigenvalue weighted by atomic mass is 32.2. The van der Waals surface area contributed by atoms with Crippen molar-refractivity contribution < 1.29 is 23.1 Å². The molecule has 10 heteroatoms. The molecule has 0 unspecified atom stereocenters. The number of carbonyl (C=O) groups is 2. The Hall–Kier alpha value is -4.05. The summed E-state index contributed by atoms with van der Waals surface area (Å²) in [4.78, 5) is 29.5. The number of halogens is 2. The standard InChI is InChI=1S/C28H24F2N4O3S/c1-16-3-5-18(6-4-16)24-14-23(17-7-10-20(37-2)11-8-17)33-34(24)28-32-27(36)25(38-28)15-26(35)31-19-9-12-21(29)22(30)13-19/h3-13,24-25H,14-15H2,1-2H3,(H,31,35)/t24-,25-/m1/s1. The Morgan fingerprint density at radius 2 is 1.82 bits per heavy atom. The van der Waals surface area contributed by atoms with Gasteiger partial charge in [-0.15, -0.1) is 0 Å². The van der Waals surface area contributed by atoms with Gasteiger partial charge in [-0.1, -0.05) is 41.6 Å². The Morgan fingerprint density at radius 1 is 1.08 bits per heavy atom. The number of amides is 2. The van der Waals surface area contributed by atoms with E-state index in [-0.39, 0.29) is 18.2 Å². The average Bonchev–Trinajstić information content (AvgIpc) is 3.51. The van der Waals surface area contributed by atoms with Gasteiger partial charge >= 0.3 is 0 Å². The normalized spacial score (nSPS) is 18.8. The number of hydrogen-bond donors (Lipinski definition) is 1. The largest absolute Gasteiger partial charge is 0.497 e. The van der Waals surface area contributed by atoms with E-state index in [4.69, 9.17) is 9.84 Å². The van der Waals surface area contributed by atoms with Crippen LogP contribution in [0.4, 0.5) is 14.5 Å². The molecule has 2 heterocycles. The molecule has 2 aliphatic heterocycles. The SMILES string of the molecule is COc1ccc(C2=NN(C3=NC(=O)[C@@H](CC(=O)Nc4ccc(F)c(F)c4)S3)[C@@H](c3ccc(C)cc3)C2)cc1. The third-order valence-corrected chi connectivity index (χ3v) is 7.44. The Balaban J connectivity index is 1.34. The van der Waals surface area contributed by atoms with E-state index >= 15 is 0 Å². The summed E-state index contributed by atoms with van der Waals surface area (Å²) in [6.07, 6.45) is 0.429. The fourth-order valence-corrected chi connectivity index (χ4v) is 5.31. The molecular weight excluding hydrogens is 510 g/mol. The van der Waals surface area contributed by atoms with Crippen LogP contribution in [0.5, 0.6) is 5.75 Å². The zero-order chi connectivity index (χ0) is 26.8. The molecule has 0 saturated carbocycles. The van der Waals surface area contributed by atoms with Gasteiger partial charge in [0, 0.05) is 24.6 Å². The van der Waals surface area contributed by atoms with Gasteiger partial charge < -0.3 is 10.1 Å². The molecule has 0 fully saturated rings. The molecule has 2 amide bonds. The smallest absolute Gasteiger partial charge is 0.262 e. The minimum Gasteiger partial charge on any atom is -0.497 e. The van der Waals surface area contributed by atoms with Crippen molar-refractivity contribution in [2.75, 3.05) is 12.4 Å². The number of benzene rings is 3. The highest BCUT2D eigenvalue weighted by molar-refractivity contribution is 8.15. The molecule has 2 atom stereocenters. The van der Waals surface area contributed by atoms with Gasteiger partial charge in [0.2, 0.25) is 5.91 Å². The number of anilines is 1. The molecule has 0 bridgehead atoms. The van der Waals surface area contributed by atoms with Crippen molar-refractivity contribution >= 4 is 40.1 Å². The number of hydrazone groups is 1. The second kappa shape index (κ2) is 10.7. The van der Waals surface area contributed by atoms with Crippen LogP contribution in [0, 0.1) is 18.6 Å². The Kier molecular flexibility index (Phi) is 7.24. The molecule has 0 radical (unpaired) electrons. The number of hydrogen-bond acceptors (Lipinski definition) is 6. The molecule has 7 nitrogen and oxygen atoms in total. The number of nitrogens with one attached hydrogen (secondary N) is 1. The third kappa shape index (κ3) is 5.45. The fourth-order valence-electron chi connectivity index (χ4n) is 4.25. The predicted octanol–water partition coefficient (Wildman–Crippen LogP) is 5.46. The average molecular weight is 535 g/mol. The van der Waals surface area contributed by atoms with E-state index in [1.807, 2.05) is 55.5 Å². The minimum absolute atomic E-state index is 0.109. The summed E-state index contributed by atoms with van der Waals surface area (Å²) in [7, 11) is 1.61. The first-order chi connectivity index (χ1) is 18.3. The van der Waals surface area contributed by atoms with Gasteiger partial charge in [0.25, 0.3) is 5.91 Å². The van der Waals surface area contributed by atoms with Crippen molar-refractivity contribution in [2.45, 2.75) is 31.1 Å². The number of carbonyl (C=O) groups excluding carboxylic acids is 2. The second-order valence-corrected chi connectivity index (χ2v) is 10.1. The lowest BCUT2D eigenvalue weighted by atomic mass is 9.98. The van der Waals surface area contributed by atoms with Crippen molar-refractivity contribution in [2.24, 2.45) is 10.1 Å². The van der Waals surface area contributed by atoms with Crippen LogP contribution in [0.15, 0.2) is 76.8 Å². The lowest BCUT2D eigenvalue weighted by molar-refractivity contribution is -0.121. The van der Waals surface area contributed by atoms with Gasteiger partial charge in [0.15, 0.2) is 16.8 Å². The zero-order valence-electron chi connectivity index (χ0n) is 20.7. The zero-order valence-corrected chi connectivity index (χ0v) is 21.5. The quantitative estimate of drug-likeness (QED) is 0.454. The Labute approximate surface area is 222 Å². The molecule has 0 aromatic heterocycles. The van der Waals surface area contributed by atoms with Crippen LogP contribution in [0.3, 0.4) is 0 Å². The van der Waals surface area contributed by atoms with Gasteiger partial charge in [0.1, 0.15) is 11.0 Å². The van der Waals surface area contributed by atoms with Crippen molar-refractivity contribution in [3.63, 3.8) is 0 Å². The number of rotatable bonds is 6. The molecule has 3 aromatic carbocycles. The summed E-state index contributed by atoms with van der Waals surface area (Å²) >= 11 is 1.17. The van der Waals surface area contributed by atoms with Gasteiger partial charge in [-0.05, 0) is 54.4 Å². The molecule has 0 aliphatic carbocycles. The molecule has 194 valence electrons. The summed E-state index contributed by atoms with van der Waals surface area (Å²) in [5, 5.41) is 8.75. The van der Waals surface area contributed by atoms with E-state index in [2.05, 4.69) is 10.3 Å². The van der Waals surface area contributed by atoms with E-state index in [9.17, 15) is 18.4 Å². The topological polar surface area (TPSA) is 83.4 Å². The van der Waals surface area contributed by atoms with Crippen molar-refractivity contribution in [3.05, 3.63) is 95.1 Å². The molecule has 2 aliphatic rings. The van der Waals surface area contributed by atoms with Crippen LogP contribution < -0.4 is 10.1 Å². The molecule has 5 rings (SSSR count). The fraction of sp³-hybridized carbons (Fsp3) is 0.214. The lowest BCUT2D eigenvalue weighted by Crippen LogP contribution is -2.25. The number of aryl methyl sites for hydroxylation is 1. The van der Waals surface area contributed by atoms with E-state index in [0.29, 0.717) is 11.6 Å². The number of aliphatic imine (C=N–C) groups is 1. The highest BCUT2D eigenvalue weighted by Gasteiger charge is 2.39. The minimum atomic E-state index is -1.07. The molecule has 38 heavy (non-hydrogen) atoms. The van der Waals surface area contributed by atoms with Crippen LogP contribution >= 0.6 is 11.8 Å². The summed E-state index contributed by atoms with van der Waals surface area (Å²) in [5.74, 6) is -2.28. The molecule has 3 aromatic rings. The second-order valence-electron chi connectivity index (χ2n) is 8.97. The monoisotopic (exact) mass is 534 g/mol. The van der Waals surface area contributed by atoms with Gasteiger partial charge in [-0.2, -0.15) is 10.1 Å². The predicted molar refractivity (Wildman–Crippen MR) is 143 cm³/mol. The first-order valence-corrected chi connectivity index (χ1v) is 12.8. The van der Waals surface area contributed by atoms with Crippen LogP contribution in [0.25, 0.3) is 0 Å². The Bertz CT molecular complexity index is 1440. The van der Waals surface area contributed by atoms with Crippen LogP contribution in [-0.4, -0.2) is 40.1 Å². The summed E-state index contributed by atoms with van der Waals surface area (Å²) in [6, 6.07) is 18.6. The number of amidine groups is 1. The number of thioether (sulfide) groups is 1. The number of nitrogens with zero attached hydrogens (tertiary/aromatic N) is 3. The number of methoxy groups -OCH3 is 1. The van der Waals surface area contributed by atoms with Crippen molar-refractivity contribution in [1.29, 1.82) is 0 Å². The van der Waals surface area contributed by atoms with Gasteiger partial charge in [-0.25, -0.2) is 13.8 Å². The summed E-state index contributed by atoms with van der Waals surface area (Å²) in [5.41, 5.74) is 4.04.